The lowest BCUT2D eigenvalue weighted by molar-refractivity contribution is -0.137. The summed E-state index contributed by atoms with van der Waals surface area (Å²) in [7, 11) is -3.88. The second kappa shape index (κ2) is 6.04. The van der Waals surface area contributed by atoms with Gasteiger partial charge >= 0.3 is 5.97 Å². The third-order valence-electron chi connectivity index (χ3n) is 2.39. The van der Waals surface area contributed by atoms with E-state index in [0.29, 0.717) is 9.50 Å². The molecule has 2 N–H and O–H groups in total. The first-order valence-electron chi connectivity index (χ1n) is 5.50. The average Bonchev–Trinajstić information content (AvgIpc) is 2.82. The molecular weight excluding hydrogens is 386 g/mol. The molecule has 0 amide bonds. The van der Waals surface area contributed by atoms with Crippen LogP contribution in [0.2, 0.25) is 5.02 Å². The van der Waals surface area contributed by atoms with E-state index in [2.05, 4.69) is 25.8 Å². The van der Waals surface area contributed by atoms with E-state index in [0.717, 1.165) is 17.1 Å². The van der Waals surface area contributed by atoms with Crippen LogP contribution < -0.4 is 4.72 Å². The summed E-state index contributed by atoms with van der Waals surface area (Å²) in [5.41, 5.74) is 0.272. The Labute approximate surface area is 133 Å². The second-order valence-corrected chi connectivity index (χ2v) is 6.97. The maximum atomic E-state index is 12.2. The summed E-state index contributed by atoms with van der Waals surface area (Å²) in [6.45, 7) is -0.420. The number of sulfonamides is 1. The topological polar surface area (TPSA) is 101 Å². The van der Waals surface area contributed by atoms with Gasteiger partial charge in [0.1, 0.15) is 11.4 Å². The predicted octanol–water partition coefficient (Wildman–Crippen LogP) is 2.18. The zero-order valence-corrected chi connectivity index (χ0v) is 13.5. The molecule has 2 rings (SSSR count). The normalized spacial score (nSPS) is 11.3. The highest BCUT2D eigenvalue weighted by Gasteiger charge is 2.18. The van der Waals surface area contributed by atoms with E-state index in [4.69, 9.17) is 16.7 Å². The zero-order chi connectivity index (χ0) is 15.6. The van der Waals surface area contributed by atoms with Crippen molar-refractivity contribution in [2.45, 2.75) is 11.4 Å². The smallest absolute Gasteiger partial charge is 0.325 e. The number of anilines is 1. The fraction of sp³-hybridized carbons (Fsp3) is 0.0909. The van der Waals surface area contributed by atoms with E-state index in [-0.39, 0.29) is 10.6 Å². The Morgan fingerprint density at radius 2 is 2.19 bits per heavy atom. The number of carboxylic acids is 1. The van der Waals surface area contributed by atoms with Crippen molar-refractivity contribution in [3.8, 4) is 0 Å². The van der Waals surface area contributed by atoms with Crippen LogP contribution in [0.5, 0.6) is 0 Å². The van der Waals surface area contributed by atoms with E-state index < -0.39 is 22.5 Å². The molecule has 0 bridgehead atoms. The Kier molecular flexibility index (Phi) is 4.55. The summed E-state index contributed by atoms with van der Waals surface area (Å²) in [5, 5.41) is 12.7. The van der Waals surface area contributed by atoms with Crippen LogP contribution in [-0.2, 0) is 21.4 Å². The van der Waals surface area contributed by atoms with Crippen LogP contribution in [-0.4, -0.2) is 29.3 Å². The Bertz CT molecular complexity index is 791. The van der Waals surface area contributed by atoms with Crippen molar-refractivity contribution in [1.82, 2.24) is 9.78 Å². The third-order valence-corrected chi connectivity index (χ3v) is 4.64. The molecule has 0 spiro atoms. The second-order valence-electron chi connectivity index (χ2n) is 4.00. The summed E-state index contributed by atoms with van der Waals surface area (Å²) in [4.78, 5) is 10.4. The third kappa shape index (κ3) is 3.96. The van der Waals surface area contributed by atoms with E-state index >= 15 is 0 Å². The molecule has 0 aliphatic heterocycles. The number of rotatable bonds is 5. The van der Waals surface area contributed by atoms with Gasteiger partial charge < -0.3 is 5.11 Å². The van der Waals surface area contributed by atoms with Crippen molar-refractivity contribution in [3.05, 3.63) is 40.1 Å². The quantitative estimate of drug-likeness (QED) is 0.809. The maximum Gasteiger partial charge on any atom is 0.325 e. The van der Waals surface area contributed by atoms with Crippen LogP contribution in [0.1, 0.15) is 0 Å². The number of nitrogens with one attached hydrogen (secondary N) is 1. The molecule has 21 heavy (non-hydrogen) atoms. The zero-order valence-electron chi connectivity index (χ0n) is 10.3. The number of hydrogen-bond acceptors (Lipinski definition) is 4. The van der Waals surface area contributed by atoms with Gasteiger partial charge in [0.15, 0.2) is 0 Å². The first-order chi connectivity index (χ1) is 9.78. The Balaban J connectivity index is 2.28. The molecule has 10 heteroatoms. The first-order valence-corrected chi connectivity index (χ1v) is 8.15. The van der Waals surface area contributed by atoms with Crippen LogP contribution in [0, 0.1) is 0 Å². The Morgan fingerprint density at radius 1 is 1.48 bits per heavy atom. The van der Waals surface area contributed by atoms with Gasteiger partial charge in [0.25, 0.3) is 10.0 Å². The lowest BCUT2D eigenvalue weighted by Gasteiger charge is -2.08. The molecular formula is C11H9BrClN3O4S. The van der Waals surface area contributed by atoms with E-state index in [1.165, 1.54) is 6.07 Å². The lowest BCUT2D eigenvalue weighted by Crippen LogP contribution is -2.13. The molecule has 0 fully saturated rings. The van der Waals surface area contributed by atoms with Gasteiger partial charge in [-0.3, -0.25) is 14.2 Å². The SMILES string of the molecule is O=C(O)Cn1cc(S(=O)(=O)Nc2cc(Cl)ccc2Br)cn1. The van der Waals surface area contributed by atoms with Crippen LogP contribution in [0.15, 0.2) is 40.0 Å². The molecule has 1 aromatic heterocycles. The molecule has 0 aliphatic carbocycles. The summed E-state index contributed by atoms with van der Waals surface area (Å²) in [6.07, 6.45) is 2.21. The first kappa shape index (κ1) is 15.8. The standard InChI is InChI=1S/C11H9BrClN3O4S/c12-9-2-1-7(13)3-10(9)15-21(19,20)8-4-14-16(5-8)6-11(17)18/h1-5,15H,6H2,(H,17,18). The van der Waals surface area contributed by atoms with Crippen LogP contribution in [0.3, 0.4) is 0 Å². The number of benzene rings is 1. The maximum absolute atomic E-state index is 12.2. The van der Waals surface area contributed by atoms with Crippen LogP contribution in [0.25, 0.3) is 0 Å². The highest BCUT2D eigenvalue weighted by atomic mass is 79.9. The van der Waals surface area contributed by atoms with Crippen molar-refractivity contribution >= 4 is 49.2 Å². The fourth-order valence-electron chi connectivity index (χ4n) is 1.49. The lowest BCUT2D eigenvalue weighted by atomic mass is 10.3. The molecule has 0 aliphatic rings. The average molecular weight is 395 g/mol. The number of nitrogens with zero attached hydrogens (tertiary/aromatic N) is 2. The highest BCUT2D eigenvalue weighted by Crippen LogP contribution is 2.28. The molecule has 0 saturated heterocycles. The highest BCUT2D eigenvalue weighted by molar-refractivity contribution is 9.10. The number of carboxylic acid groups (broad SMARTS) is 1. The van der Waals surface area contributed by atoms with E-state index in [9.17, 15) is 13.2 Å². The Morgan fingerprint density at radius 3 is 2.86 bits per heavy atom. The molecule has 112 valence electrons. The summed E-state index contributed by atoms with van der Waals surface area (Å²) < 4.78 is 28.3. The van der Waals surface area contributed by atoms with Gasteiger partial charge in [-0.2, -0.15) is 5.10 Å². The van der Waals surface area contributed by atoms with E-state index in [1.54, 1.807) is 12.1 Å². The van der Waals surface area contributed by atoms with Gasteiger partial charge in [-0.25, -0.2) is 8.42 Å². The van der Waals surface area contributed by atoms with Gasteiger partial charge in [0.05, 0.1) is 11.9 Å². The largest absolute Gasteiger partial charge is 0.480 e. The Hall–Kier alpha value is -1.58. The molecule has 1 heterocycles. The number of aliphatic carboxylic acids is 1. The molecule has 0 saturated carbocycles. The van der Waals surface area contributed by atoms with Crippen LogP contribution in [0.4, 0.5) is 5.69 Å². The molecule has 0 atom stereocenters. The monoisotopic (exact) mass is 393 g/mol. The van der Waals surface area contributed by atoms with E-state index in [1.807, 2.05) is 0 Å². The van der Waals surface area contributed by atoms with Gasteiger partial charge in [-0.1, -0.05) is 11.6 Å². The molecule has 1 aromatic carbocycles. The van der Waals surface area contributed by atoms with Gasteiger partial charge in [0, 0.05) is 15.7 Å². The summed E-state index contributed by atoms with van der Waals surface area (Å²) in [6, 6.07) is 4.66. The minimum atomic E-state index is -3.88. The number of halogens is 2. The minimum Gasteiger partial charge on any atom is -0.480 e. The van der Waals surface area contributed by atoms with Gasteiger partial charge in [-0.15, -0.1) is 0 Å². The van der Waals surface area contributed by atoms with Crippen molar-refractivity contribution in [2.75, 3.05) is 4.72 Å². The summed E-state index contributed by atoms with van der Waals surface area (Å²) >= 11 is 9.03. The minimum absolute atomic E-state index is 0.143. The molecule has 0 unspecified atom stereocenters. The molecule has 0 radical (unpaired) electrons. The molecule has 2 aromatic rings. The van der Waals surface area contributed by atoms with Crippen molar-refractivity contribution in [1.29, 1.82) is 0 Å². The fourth-order valence-corrected chi connectivity index (χ4v) is 3.16. The summed E-state index contributed by atoms with van der Waals surface area (Å²) in [5.74, 6) is -1.12. The predicted molar refractivity (Wildman–Crippen MR) is 79.8 cm³/mol. The van der Waals surface area contributed by atoms with Crippen molar-refractivity contribution < 1.29 is 18.3 Å². The molecule has 7 nitrogen and oxygen atoms in total. The van der Waals surface area contributed by atoms with Gasteiger partial charge in [0.2, 0.25) is 0 Å². The van der Waals surface area contributed by atoms with Crippen LogP contribution >= 0.6 is 27.5 Å². The number of carbonyl (C=O) groups is 1. The number of hydrogen-bond donors (Lipinski definition) is 2. The van der Waals surface area contributed by atoms with Gasteiger partial charge in [-0.05, 0) is 34.1 Å². The number of aromatic nitrogens is 2. The van der Waals surface area contributed by atoms with Crippen molar-refractivity contribution in [3.63, 3.8) is 0 Å². The van der Waals surface area contributed by atoms with Crippen molar-refractivity contribution in [2.24, 2.45) is 0 Å².